The molecular weight excluding hydrogens is 350 g/mol. The maximum atomic E-state index is 12.2. The minimum absolute atomic E-state index is 0.174. The number of aromatic nitrogens is 2. The summed E-state index contributed by atoms with van der Waals surface area (Å²) in [4.78, 5) is 16.2. The van der Waals surface area contributed by atoms with Gasteiger partial charge in [0.2, 0.25) is 0 Å². The van der Waals surface area contributed by atoms with E-state index in [4.69, 9.17) is 16.3 Å². The summed E-state index contributed by atoms with van der Waals surface area (Å²) in [5.74, 6) is 0.400. The summed E-state index contributed by atoms with van der Waals surface area (Å²) in [7, 11) is 0. The molecule has 3 aromatic rings. The molecule has 6 heteroatoms. The van der Waals surface area contributed by atoms with Crippen molar-refractivity contribution in [2.45, 2.75) is 26.1 Å². The number of nitrogens with zero attached hydrogens (tertiary/aromatic N) is 2. The largest absolute Gasteiger partial charge is 0.481 e. The third kappa shape index (κ3) is 5.10. The average molecular weight is 370 g/mol. The van der Waals surface area contributed by atoms with Gasteiger partial charge in [0.25, 0.3) is 5.91 Å². The van der Waals surface area contributed by atoms with E-state index in [2.05, 4.69) is 10.3 Å². The van der Waals surface area contributed by atoms with Crippen molar-refractivity contribution in [2.75, 3.05) is 0 Å². The summed E-state index contributed by atoms with van der Waals surface area (Å²) in [5, 5.41) is 3.46. The van der Waals surface area contributed by atoms with Crippen molar-refractivity contribution in [3.8, 4) is 5.75 Å². The van der Waals surface area contributed by atoms with E-state index >= 15 is 0 Å². The van der Waals surface area contributed by atoms with Crippen LogP contribution >= 0.6 is 11.6 Å². The lowest BCUT2D eigenvalue weighted by molar-refractivity contribution is -0.127. The Morgan fingerprint density at radius 1 is 1.23 bits per heavy atom. The predicted molar refractivity (Wildman–Crippen MR) is 101 cm³/mol. The van der Waals surface area contributed by atoms with E-state index in [9.17, 15) is 4.79 Å². The highest BCUT2D eigenvalue weighted by atomic mass is 35.5. The van der Waals surface area contributed by atoms with Gasteiger partial charge in [-0.2, -0.15) is 0 Å². The standard InChI is InChI=1S/C20H20ClN3O2/c1-15(26-19-4-2-3-18(21)11-19)20(25)23-12-16-5-7-17(8-6-16)13-24-10-9-22-14-24/h2-11,14-15H,12-13H2,1H3,(H,23,25). The third-order valence-electron chi connectivity index (χ3n) is 3.89. The maximum Gasteiger partial charge on any atom is 0.261 e. The summed E-state index contributed by atoms with van der Waals surface area (Å²) in [6, 6.07) is 15.1. The molecule has 1 atom stereocenters. The molecule has 0 bridgehead atoms. The Morgan fingerprint density at radius 3 is 2.69 bits per heavy atom. The molecule has 134 valence electrons. The minimum atomic E-state index is -0.603. The molecule has 0 aliphatic carbocycles. The molecule has 1 N–H and O–H groups in total. The summed E-state index contributed by atoms with van der Waals surface area (Å²) < 4.78 is 7.62. The van der Waals surface area contributed by atoms with Gasteiger partial charge in [0.15, 0.2) is 6.10 Å². The molecule has 1 heterocycles. The average Bonchev–Trinajstić information content (AvgIpc) is 3.14. The van der Waals surface area contributed by atoms with Crippen LogP contribution in [0, 0.1) is 0 Å². The molecule has 1 aromatic heterocycles. The van der Waals surface area contributed by atoms with Gasteiger partial charge in [0.1, 0.15) is 5.75 Å². The van der Waals surface area contributed by atoms with Crippen molar-refractivity contribution >= 4 is 17.5 Å². The molecule has 0 saturated heterocycles. The molecule has 1 amide bonds. The molecule has 26 heavy (non-hydrogen) atoms. The van der Waals surface area contributed by atoms with Crippen LogP contribution in [-0.4, -0.2) is 21.6 Å². The van der Waals surface area contributed by atoms with Gasteiger partial charge in [0.05, 0.1) is 6.33 Å². The Morgan fingerprint density at radius 2 is 2.00 bits per heavy atom. The zero-order valence-corrected chi connectivity index (χ0v) is 15.2. The number of carbonyl (C=O) groups excluding carboxylic acids is 1. The van der Waals surface area contributed by atoms with Crippen LogP contribution in [0.25, 0.3) is 0 Å². The number of benzene rings is 2. The molecule has 5 nitrogen and oxygen atoms in total. The molecule has 1 unspecified atom stereocenters. The van der Waals surface area contributed by atoms with Gasteiger partial charge in [0, 0.05) is 30.5 Å². The van der Waals surface area contributed by atoms with Gasteiger partial charge in [-0.3, -0.25) is 4.79 Å². The topological polar surface area (TPSA) is 56.1 Å². The third-order valence-corrected chi connectivity index (χ3v) is 4.13. The first kappa shape index (κ1) is 18.0. The Hall–Kier alpha value is -2.79. The molecule has 3 rings (SSSR count). The van der Waals surface area contributed by atoms with Crippen molar-refractivity contribution in [1.29, 1.82) is 0 Å². The molecule has 0 fully saturated rings. The zero-order chi connectivity index (χ0) is 18.4. The Bertz CT molecular complexity index is 848. The molecule has 2 aromatic carbocycles. The van der Waals surface area contributed by atoms with E-state index < -0.39 is 6.10 Å². The van der Waals surface area contributed by atoms with E-state index in [1.54, 1.807) is 43.7 Å². The molecule has 0 spiro atoms. The number of carbonyl (C=O) groups is 1. The lowest BCUT2D eigenvalue weighted by Gasteiger charge is -2.15. The second kappa shape index (κ2) is 8.54. The number of hydrogen-bond donors (Lipinski definition) is 1. The van der Waals surface area contributed by atoms with Crippen LogP contribution in [0.3, 0.4) is 0 Å². The summed E-state index contributed by atoms with van der Waals surface area (Å²) in [6.45, 7) is 2.94. The first-order valence-electron chi connectivity index (χ1n) is 8.33. The fourth-order valence-electron chi connectivity index (χ4n) is 2.48. The van der Waals surface area contributed by atoms with Crippen molar-refractivity contribution in [1.82, 2.24) is 14.9 Å². The lowest BCUT2D eigenvalue weighted by atomic mass is 10.1. The number of halogens is 1. The quantitative estimate of drug-likeness (QED) is 0.691. The molecule has 0 aliphatic rings. The van der Waals surface area contributed by atoms with Crippen molar-refractivity contribution in [2.24, 2.45) is 0 Å². The van der Waals surface area contributed by atoms with Crippen molar-refractivity contribution in [3.05, 3.63) is 83.4 Å². The highest BCUT2D eigenvalue weighted by Gasteiger charge is 2.14. The van der Waals surface area contributed by atoms with Crippen LogP contribution in [0.15, 0.2) is 67.3 Å². The van der Waals surface area contributed by atoms with Crippen LogP contribution in [0.1, 0.15) is 18.1 Å². The summed E-state index contributed by atoms with van der Waals surface area (Å²) in [5.41, 5.74) is 2.21. The Labute approximate surface area is 157 Å². The molecule has 0 aliphatic heterocycles. The van der Waals surface area contributed by atoms with Gasteiger partial charge in [-0.15, -0.1) is 0 Å². The Kier molecular flexibility index (Phi) is 5.92. The van der Waals surface area contributed by atoms with Crippen molar-refractivity contribution < 1.29 is 9.53 Å². The van der Waals surface area contributed by atoms with Crippen LogP contribution in [0.2, 0.25) is 5.02 Å². The van der Waals surface area contributed by atoms with Crippen LogP contribution in [0.4, 0.5) is 0 Å². The number of hydrogen-bond acceptors (Lipinski definition) is 3. The van der Waals surface area contributed by atoms with Gasteiger partial charge in [-0.25, -0.2) is 4.98 Å². The first-order chi connectivity index (χ1) is 12.6. The monoisotopic (exact) mass is 369 g/mol. The maximum absolute atomic E-state index is 12.2. The van der Waals surface area contributed by atoms with E-state index in [1.165, 1.54) is 5.56 Å². The molecule has 0 radical (unpaired) electrons. The van der Waals surface area contributed by atoms with Gasteiger partial charge < -0.3 is 14.6 Å². The first-order valence-corrected chi connectivity index (χ1v) is 8.71. The van der Waals surface area contributed by atoms with Crippen LogP contribution in [-0.2, 0) is 17.9 Å². The Balaban J connectivity index is 1.49. The van der Waals surface area contributed by atoms with E-state index in [1.807, 2.05) is 35.0 Å². The smallest absolute Gasteiger partial charge is 0.261 e. The zero-order valence-electron chi connectivity index (χ0n) is 14.4. The van der Waals surface area contributed by atoms with Crippen LogP contribution in [0.5, 0.6) is 5.75 Å². The number of rotatable bonds is 7. The number of amides is 1. The van der Waals surface area contributed by atoms with Crippen molar-refractivity contribution in [3.63, 3.8) is 0 Å². The molecule has 0 saturated carbocycles. The minimum Gasteiger partial charge on any atom is -0.481 e. The highest BCUT2D eigenvalue weighted by Crippen LogP contribution is 2.18. The van der Waals surface area contributed by atoms with E-state index in [0.29, 0.717) is 17.3 Å². The fourth-order valence-corrected chi connectivity index (χ4v) is 2.66. The van der Waals surface area contributed by atoms with Gasteiger partial charge in [-0.05, 0) is 36.2 Å². The van der Waals surface area contributed by atoms with E-state index in [0.717, 1.165) is 12.1 Å². The van der Waals surface area contributed by atoms with Gasteiger partial charge >= 0.3 is 0 Å². The van der Waals surface area contributed by atoms with E-state index in [-0.39, 0.29) is 5.91 Å². The predicted octanol–water partition coefficient (Wildman–Crippen LogP) is 3.67. The SMILES string of the molecule is CC(Oc1cccc(Cl)c1)C(=O)NCc1ccc(Cn2ccnc2)cc1. The summed E-state index contributed by atoms with van der Waals surface area (Å²) in [6.07, 6.45) is 4.87. The molecular formula is C20H20ClN3O2. The second-order valence-corrected chi connectivity index (χ2v) is 6.42. The van der Waals surface area contributed by atoms with Crippen LogP contribution < -0.4 is 10.1 Å². The van der Waals surface area contributed by atoms with Gasteiger partial charge in [-0.1, -0.05) is 41.9 Å². The fraction of sp³-hybridized carbons (Fsp3) is 0.200. The number of nitrogens with one attached hydrogen (secondary N) is 1. The second-order valence-electron chi connectivity index (χ2n) is 5.99. The number of ether oxygens (including phenoxy) is 1. The number of imidazole rings is 1. The normalized spacial score (nSPS) is 11.8. The summed E-state index contributed by atoms with van der Waals surface area (Å²) >= 11 is 5.92. The lowest BCUT2D eigenvalue weighted by Crippen LogP contribution is -2.35. The highest BCUT2D eigenvalue weighted by molar-refractivity contribution is 6.30.